The smallest absolute Gasteiger partial charge is 0.363 e. The third-order valence-electron chi connectivity index (χ3n) is 6.20. The van der Waals surface area contributed by atoms with E-state index >= 15 is 0 Å². The van der Waals surface area contributed by atoms with Crippen molar-refractivity contribution in [3.63, 3.8) is 0 Å². The molecule has 4 rings (SSSR count). The molecule has 170 valence electrons. The van der Waals surface area contributed by atoms with E-state index in [9.17, 15) is 13.2 Å². The molecule has 0 radical (unpaired) electrons. The van der Waals surface area contributed by atoms with Crippen LogP contribution in [0.15, 0.2) is 62.6 Å². The maximum absolute atomic E-state index is 13.1. The number of nitrogens with one attached hydrogen (secondary N) is 2. The standard InChI is InChI=1S/C25H30N2O4S/c1-17(2)19-12-14-20(15-13-19)32(29,30)27-24-23(26-16-18-8-4-3-5-9-18)21-10-6-7-11-22(21)31-25(24)28/h6-7,10-15,17-18,26-27H,3-5,8-9,16H2,1-2H3. The average molecular weight is 455 g/mol. The van der Waals surface area contributed by atoms with E-state index in [1.807, 2.05) is 26.0 Å². The van der Waals surface area contributed by atoms with E-state index in [4.69, 9.17) is 4.42 Å². The third kappa shape index (κ3) is 4.83. The largest absolute Gasteiger partial charge is 0.421 e. The summed E-state index contributed by atoms with van der Waals surface area (Å²) in [6.07, 6.45) is 5.94. The van der Waals surface area contributed by atoms with E-state index in [-0.39, 0.29) is 10.6 Å². The molecule has 0 spiro atoms. The molecule has 1 saturated carbocycles. The van der Waals surface area contributed by atoms with Gasteiger partial charge < -0.3 is 9.73 Å². The van der Waals surface area contributed by atoms with Gasteiger partial charge in [0.15, 0.2) is 5.69 Å². The molecule has 1 aromatic heterocycles. The number of rotatable bonds is 7. The zero-order valence-electron chi connectivity index (χ0n) is 18.6. The molecule has 0 bridgehead atoms. The van der Waals surface area contributed by atoms with E-state index in [2.05, 4.69) is 10.0 Å². The second-order valence-electron chi connectivity index (χ2n) is 8.85. The lowest BCUT2D eigenvalue weighted by molar-refractivity contribution is 0.373. The molecule has 0 unspecified atom stereocenters. The van der Waals surface area contributed by atoms with Crippen molar-refractivity contribution >= 4 is 32.4 Å². The van der Waals surface area contributed by atoms with Gasteiger partial charge in [0, 0.05) is 11.9 Å². The zero-order chi connectivity index (χ0) is 22.7. The lowest BCUT2D eigenvalue weighted by Crippen LogP contribution is -2.23. The molecule has 2 N–H and O–H groups in total. The van der Waals surface area contributed by atoms with E-state index in [0.717, 1.165) is 18.4 Å². The number of hydrogen-bond donors (Lipinski definition) is 2. The average Bonchev–Trinajstić information content (AvgIpc) is 2.79. The summed E-state index contributed by atoms with van der Waals surface area (Å²) in [7, 11) is -3.96. The van der Waals surface area contributed by atoms with Gasteiger partial charge in [0.2, 0.25) is 0 Å². The lowest BCUT2D eigenvalue weighted by atomic mass is 9.89. The number of fused-ring (bicyclic) bond motifs is 1. The summed E-state index contributed by atoms with van der Waals surface area (Å²) in [5.74, 6) is 0.797. The second-order valence-corrected chi connectivity index (χ2v) is 10.5. The third-order valence-corrected chi connectivity index (χ3v) is 7.56. The zero-order valence-corrected chi connectivity index (χ0v) is 19.4. The molecule has 2 aromatic carbocycles. The Hall–Kier alpha value is -2.80. The fourth-order valence-corrected chi connectivity index (χ4v) is 5.36. The quantitative estimate of drug-likeness (QED) is 0.447. The first kappa shape index (κ1) is 22.4. The summed E-state index contributed by atoms with van der Waals surface area (Å²) < 4.78 is 34.2. The van der Waals surface area contributed by atoms with Crippen LogP contribution >= 0.6 is 0 Å². The highest BCUT2D eigenvalue weighted by molar-refractivity contribution is 7.92. The van der Waals surface area contributed by atoms with Crippen LogP contribution in [-0.2, 0) is 10.0 Å². The van der Waals surface area contributed by atoms with E-state index in [1.165, 1.54) is 19.3 Å². The van der Waals surface area contributed by atoms with Gasteiger partial charge >= 0.3 is 5.63 Å². The number of hydrogen-bond acceptors (Lipinski definition) is 5. The van der Waals surface area contributed by atoms with E-state index in [0.29, 0.717) is 35.0 Å². The molecule has 7 heteroatoms. The Morgan fingerprint density at radius 1 is 0.969 bits per heavy atom. The predicted molar refractivity (Wildman–Crippen MR) is 129 cm³/mol. The molecule has 6 nitrogen and oxygen atoms in total. The molecule has 1 fully saturated rings. The summed E-state index contributed by atoms with van der Waals surface area (Å²) in [6, 6.07) is 13.9. The Morgan fingerprint density at radius 2 is 1.66 bits per heavy atom. The van der Waals surface area contributed by atoms with Crippen LogP contribution < -0.4 is 15.7 Å². The first-order chi connectivity index (χ1) is 15.3. The van der Waals surface area contributed by atoms with Crippen molar-refractivity contribution in [3.05, 3.63) is 64.5 Å². The van der Waals surface area contributed by atoms with Gasteiger partial charge in [0.25, 0.3) is 10.0 Å². The van der Waals surface area contributed by atoms with Crippen LogP contribution in [0.3, 0.4) is 0 Å². The maximum atomic E-state index is 13.1. The van der Waals surface area contributed by atoms with Gasteiger partial charge in [0.05, 0.1) is 10.6 Å². The van der Waals surface area contributed by atoms with Crippen LogP contribution in [0.5, 0.6) is 0 Å². The van der Waals surface area contributed by atoms with Gasteiger partial charge in [-0.3, -0.25) is 4.72 Å². The van der Waals surface area contributed by atoms with Gasteiger partial charge in [0.1, 0.15) is 5.58 Å². The van der Waals surface area contributed by atoms with E-state index in [1.54, 1.807) is 36.4 Å². The SMILES string of the molecule is CC(C)c1ccc(S(=O)(=O)Nc2c(NCC3CCCCC3)c3ccccc3oc2=O)cc1. The fraction of sp³-hybridized carbons (Fsp3) is 0.400. The molecule has 0 aliphatic heterocycles. The van der Waals surface area contributed by atoms with Crippen LogP contribution in [0.4, 0.5) is 11.4 Å². The van der Waals surface area contributed by atoms with Crippen LogP contribution in [-0.4, -0.2) is 15.0 Å². The Morgan fingerprint density at radius 3 is 2.34 bits per heavy atom. The molecule has 32 heavy (non-hydrogen) atoms. The van der Waals surface area contributed by atoms with Gasteiger partial charge in [-0.1, -0.05) is 57.4 Å². The van der Waals surface area contributed by atoms with Gasteiger partial charge in [-0.2, -0.15) is 0 Å². The molecule has 0 atom stereocenters. The monoisotopic (exact) mass is 454 g/mol. The molecular weight excluding hydrogens is 424 g/mol. The van der Waals surface area contributed by atoms with Gasteiger partial charge in [-0.05, 0) is 54.5 Å². The molecule has 0 saturated heterocycles. The summed E-state index contributed by atoms with van der Waals surface area (Å²) in [6.45, 7) is 4.78. The van der Waals surface area contributed by atoms with Crippen molar-refractivity contribution in [2.75, 3.05) is 16.6 Å². The second kappa shape index (κ2) is 9.36. The van der Waals surface area contributed by atoms with Crippen LogP contribution in [0.25, 0.3) is 11.0 Å². The van der Waals surface area contributed by atoms with E-state index < -0.39 is 15.6 Å². The van der Waals surface area contributed by atoms with Gasteiger partial charge in [-0.15, -0.1) is 0 Å². The van der Waals surface area contributed by atoms with Crippen molar-refractivity contribution in [2.45, 2.75) is 56.8 Å². The number of para-hydroxylation sites is 1. The van der Waals surface area contributed by atoms with Crippen molar-refractivity contribution < 1.29 is 12.8 Å². The predicted octanol–water partition coefficient (Wildman–Crippen LogP) is 5.71. The highest BCUT2D eigenvalue weighted by atomic mass is 32.2. The normalized spacial score (nSPS) is 15.2. The van der Waals surface area contributed by atoms with Gasteiger partial charge in [-0.25, -0.2) is 13.2 Å². The number of anilines is 2. The molecule has 1 aliphatic rings. The van der Waals surface area contributed by atoms with Crippen molar-refractivity contribution in [3.8, 4) is 0 Å². The summed E-state index contributed by atoms with van der Waals surface area (Å²) in [4.78, 5) is 12.9. The Bertz CT molecular complexity index is 1240. The van der Waals surface area contributed by atoms with Crippen molar-refractivity contribution in [1.82, 2.24) is 0 Å². The fourth-order valence-electron chi connectivity index (χ4n) is 4.29. The Kier molecular flexibility index (Phi) is 6.55. The molecule has 1 aliphatic carbocycles. The summed E-state index contributed by atoms with van der Waals surface area (Å²) in [5, 5.41) is 4.05. The van der Waals surface area contributed by atoms with Crippen molar-refractivity contribution in [1.29, 1.82) is 0 Å². The first-order valence-electron chi connectivity index (χ1n) is 11.3. The minimum Gasteiger partial charge on any atom is -0.421 e. The topological polar surface area (TPSA) is 88.4 Å². The molecule has 3 aromatic rings. The lowest BCUT2D eigenvalue weighted by Gasteiger charge is -2.23. The molecule has 1 heterocycles. The van der Waals surface area contributed by atoms with Crippen molar-refractivity contribution in [2.24, 2.45) is 5.92 Å². The first-order valence-corrected chi connectivity index (χ1v) is 12.8. The summed E-state index contributed by atoms with van der Waals surface area (Å²) in [5.41, 5.74) is 1.16. The maximum Gasteiger partial charge on any atom is 0.363 e. The van der Waals surface area contributed by atoms with Crippen LogP contribution in [0, 0.1) is 5.92 Å². The van der Waals surface area contributed by atoms with Crippen LogP contribution in [0.2, 0.25) is 0 Å². The minimum absolute atomic E-state index is 0.0764. The molecule has 0 amide bonds. The Balaban J connectivity index is 1.70. The number of sulfonamides is 1. The molecular formula is C25H30N2O4S. The minimum atomic E-state index is -3.96. The number of benzene rings is 2. The van der Waals surface area contributed by atoms with Crippen LogP contribution in [0.1, 0.15) is 57.4 Å². The Labute approximate surface area is 189 Å². The highest BCUT2D eigenvalue weighted by Crippen LogP contribution is 2.32. The highest BCUT2D eigenvalue weighted by Gasteiger charge is 2.23. The summed E-state index contributed by atoms with van der Waals surface area (Å²) >= 11 is 0.